The first kappa shape index (κ1) is 13.5. The van der Waals surface area contributed by atoms with Gasteiger partial charge in [0.1, 0.15) is 0 Å². The molecule has 0 aromatic carbocycles. The molecule has 0 amide bonds. The average Bonchev–Trinajstić information content (AvgIpc) is 2.96. The van der Waals surface area contributed by atoms with Gasteiger partial charge in [-0.25, -0.2) is 0 Å². The summed E-state index contributed by atoms with van der Waals surface area (Å²) in [7, 11) is 0. The molecule has 2 heterocycles. The average molecular weight is 280 g/mol. The van der Waals surface area contributed by atoms with Gasteiger partial charge in [-0.05, 0) is 31.1 Å². The van der Waals surface area contributed by atoms with E-state index >= 15 is 0 Å². The highest BCUT2D eigenvalue weighted by molar-refractivity contribution is 5.24. The summed E-state index contributed by atoms with van der Waals surface area (Å²) in [6, 6.07) is 0. The lowest BCUT2D eigenvalue weighted by Crippen LogP contribution is -2.75. The third-order valence-corrected chi connectivity index (χ3v) is 6.46. The van der Waals surface area contributed by atoms with Gasteiger partial charge in [-0.3, -0.25) is 0 Å². The maximum Gasteiger partial charge on any atom is 0.177 e. The summed E-state index contributed by atoms with van der Waals surface area (Å²) < 4.78 is 18.6. The molecule has 2 saturated carbocycles. The van der Waals surface area contributed by atoms with E-state index in [1.54, 1.807) is 0 Å². The van der Waals surface area contributed by atoms with Crippen molar-refractivity contribution in [3.63, 3.8) is 0 Å². The largest absolute Gasteiger partial charge is 0.369 e. The van der Waals surface area contributed by atoms with Crippen LogP contribution in [0.15, 0.2) is 0 Å². The molecule has 20 heavy (non-hydrogen) atoms. The molecule has 3 nitrogen and oxygen atoms in total. The number of hydrogen-bond acceptors (Lipinski definition) is 3. The molecule has 0 aromatic rings. The van der Waals surface area contributed by atoms with Gasteiger partial charge in [-0.15, -0.1) is 0 Å². The van der Waals surface area contributed by atoms with Crippen molar-refractivity contribution in [3.8, 4) is 0 Å². The summed E-state index contributed by atoms with van der Waals surface area (Å²) in [5, 5.41) is 0. The fourth-order valence-corrected chi connectivity index (χ4v) is 5.82. The first-order valence-electron chi connectivity index (χ1n) is 8.46. The highest BCUT2D eigenvalue weighted by Crippen LogP contribution is 2.74. The van der Waals surface area contributed by atoms with Crippen LogP contribution in [0.4, 0.5) is 0 Å². The second kappa shape index (κ2) is 4.21. The Morgan fingerprint density at radius 3 is 2.40 bits per heavy atom. The van der Waals surface area contributed by atoms with Crippen LogP contribution in [0.3, 0.4) is 0 Å². The number of rotatable bonds is 3. The van der Waals surface area contributed by atoms with Crippen LogP contribution >= 0.6 is 0 Å². The molecule has 3 heteroatoms. The Hall–Kier alpha value is -0.120. The fourth-order valence-electron chi connectivity index (χ4n) is 5.82. The van der Waals surface area contributed by atoms with Crippen LogP contribution < -0.4 is 0 Å². The van der Waals surface area contributed by atoms with Gasteiger partial charge in [0.15, 0.2) is 5.79 Å². The topological polar surface area (TPSA) is 31.0 Å². The Labute approximate surface area is 122 Å². The molecule has 2 saturated heterocycles. The molecule has 5 unspecified atom stereocenters. The Kier molecular flexibility index (Phi) is 2.85. The van der Waals surface area contributed by atoms with Crippen molar-refractivity contribution < 1.29 is 14.2 Å². The SMILES string of the molecule is CC(C)CC1C2C3OC3CCC2(C(C)C)C12OCCO2. The first-order chi connectivity index (χ1) is 9.53. The molecule has 4 rings (SSSR count). The van der Waals surface area contributed by atoms with Crippen LogP contribution in [0, 0.1) is 29.1 Å². The van der Waals surface area contributed by atoms with Crippen molar-refractivity contribution in [3.05, 3.63) is 0 Å². The van der Waals surface area contributed by atoms with E-state index in [0.717, 1.165) is 13.2 Å². The maximum atomic E-state index is 6.31. The number of ether oxygens (including phenoxy) is 3. The zero-order valence-corrected chi connectivity index (χ0v) is 13.2. The number of hydrogen-bond donors (Lipinski definition) is 0. The Morgan fingerprint density at radius 1 is 1.10 bits per heavy atom. The summed E-state index contributed by atoms with van der Waals surface area (Å²) in [5.41, 5.74) is 0.195. The fraction of sp³-hybridized carbons (Fsp3) is 1.00. The smallest absolute Gasteiger partial charge is 0.177 e. The van der Waals surface area contributed by atoms with Crippen molar-refractivity contribution in [2.24, 2.45) is 29.1 Å². The number of epoxide rings is 1. The molecular weight excluding hydrogens is 252 g/mol. The molecule has 1 spiro atoms. The van der Waals surface area contributed by atoms with Crippen molar-refractivity contribution in [1.82, 2.24) is 0 Å². The van der Waals surface area contributed by atoms with Crippen LogP contribution in [-0.4, -0.2) is 31.2 Å². The summed E-state index contributed by atoms with van der Waals surface area (Å²) in [6.45, 7) is 10.9. The molecule has 2 aliphatic carbocycles. The van der Waals surface area contributed by atoms with Gasteiger partial charge < -0.3 is 14.2 Å². The highest BCUT2D eigenvalue weighted by Gasteiger charge is 2.81. The Bertz CT molecular complexity index is 399. The standard InChI is InChI=1S/C17H28O3/c1-10(2)9-12-14-15-13(20-15)5-6-16(14,11(3)4)17(12)18-7-8-19-17/h10-15H,5-9H2,1-4H3. The van der Waals surface area contributed by atoms with E-state index < -0.39 is 0 Å². The van der Waals surface area contributed by atoms with E-state index in [4.69, 9.17) is 14.2 Å². The molecule has 114 valence electrons. The van der Waals surface area contributed by atoms with Crippen molar-refractivity contribution >= 4 is 0 Å². The van der Waals surface area contributed by atoms with Crippen LogP contribution in [-0.2, 0) is 14.2 Å². The second-order valence-corrected chi connectivity index (χ2v) is 8.00. The van der Waals surface area contributed by atoms with Gasteiger partial charge in [-0.2, -0.15) is 0 Å². The predicted molar refractivity (Wildman–Crippen MR) is 76.2 cm³/mol. The monoisotopic (exact) mass is 280 g/mol. The number of fused-ring (bicyclic) bond motifs is 4. The van der Waals surface area contributed by atoms with Crippen molar-refractivity contribution in [2.45, 2.75) is 65.0 Å². The van der Waals surface area contributed by atoms with Gasteiger partial charge in [-0.1, -0.05) is 27.7 Å². The van der Waals surface area contributed by atoms with Crippen LogP contribution in [0.25, 0.3) is 0 Å². The third kappa shape index (κ3) is 1.42. The molecule has 0 radical (unpaired) electrons. The lowest BCUT2D eigenvalue weighted by atomic mass is 9.40. The second-order valence-electron chi connectivity index (χ2n) is 8.00. The van der Waals surface area contributed by atoms with E-state index in [2.05, 4.69) is 27.7 Å². The normalized spacial score (nSPS) is 48.3. The minimum Gasteiger partial charge on any atom is -0.369 e. The van der Waals surface area contributed by atoms with E-state index in [1.165, 1.54) is 19.3 Å². The molecule has 2 aliphatic heterocycles. The lowest BCUT2D eigenvalue weighted by molar-refractivity contribution is -0.393. The molecular formula is C17H28O3. The van der Waals surface area contributed by atoms with Gasteiger partial charge >= 0.3 is 0 Å². The summed E-state index contributed by atoms with van der Waals surface area (Å²) >= 11 is 0. The van der Waals surface area contributed by atoms with Crippen LogP contribution in [0.5, 0.6) is 0 Å². The quantitative estimate of drug-likeness (QED) is 0.744. The molecule has 4 fully saturated rings. The summed E-state index contributed by atoms with van der Waals surface area (Å²) in [5.74, 6) is 2.17. The van der Waals surface area contributed by atoms with Gasteiger partial charge in [0.2, 0.25) is 0 Å². The minimum atomic E-state index is -0.299. The Morgan fingerprint density at radius 2 is 1.80 bits per heavy atom. The summed E-state index contributed by atoms with van der Waals surface area (Å²) in [6.07, 6.45) is 4.65. The van der Waals surface area contributed by atoms with Gasteiger partial charge in [0, 0.05) is 17.3 Å². The van der Waals surface area contributed by atoms with E-state index in [-0.39, 0.29) is 11.2 Å². The molecule has 0 bridgehead atoms. The first-order valence-corrected chi connectivity index (χ1v) is 8.46. The van der Waals surface area contributed by atoms with Crippen molar-refractivity contribution in [2.75, 3.05) is 13.2 Å². The molecule has 5 atom stereocenters. The zero-order valence-electron chi connectivity index (χ0n) is 13.2. The summed E-state index contributed by atoms with van der Waals surface area (Å²) in [4.78, 5) is 0. The van der Waals surface area contributed by atoms with Gasteiger partial charge in [0.05, 0.1) is 25.4 Å². The van der Waals surface area contributed by atoms with Crippen molar-refractivity contribution in [1.29, 1.82) is 0 Å². The molecule has 0 aromatic heterocycles. The molecule has 0 N–H and O–H groups in total. The maximum absolute atomic E-state index is 6.31. The highest BCUT2D eigenvalue weighted by atomic mass is 16.7. The zero-order chi connectivity index (χ0) is 14.1. The van der Waals surface area contributed by atoms with E-state index in [0.29, 0.717) is 35.9 Å². The Balaban J connectivity index is 1.73. The molecule has 4 aliphatic rings. The van der Waals surface area contributed by atoms with E-state index in [9.17, 15) is 0 Å². The predicted octanol–water partition coefficient (Wildman–Crippen LogP) is 3.23. The van der Waals surface area contributed by atoms with Crippen LogP contribution in [0.1, 0.15) is 47.0 Å². The van der Waals surface area contributed by atoms with E-state index in [1.807, 2.05) is 0 Å². The lowest BCUT2D eigenvalue weighted by Gasteiger charge is -2.69. The third-order valence-electron chi connectivity index (χ3n) is 6.46. The van der Waals surface area contributed by atoms with Gasteiger partial charge in [0.25, 0.3) is 0 Å². The van der Waals surface area contributed by atoms with Crippen LogP contribution in [0.2, 0.25) is 0 Å². The minimum absolute atomic E-state index is 0.195.